The number of sulfonamides is 1. The summed E-state index contributed by atoms with van der Waals surface area (Å²) in [6.45, 7) is 3.62. The molecule has 1 aliphatic rings. The Balaban J connectivity index is 1.39. The van der Waals surface area contributed by atoms with Gasteiger partial charge in [-0.3, -0.25) is 14.4 Å². The third kappa shape index (κ3) is 9.31. The molecule has 0 bridgehead atoms. The minimum atomic E-state index is -3.73. The molecule has 2 aromatic carbocycles. The fourth-order valence-corrected chi connectivity index (χ4v) is 7.61. The Labute approximate surface area is 279 Å². The van der Waals surface area contributed by atoms with Crippen LogP contribution in [-0.2, 0) is 19.6 Å². The number of anilines is 3. The largest absolute Gasteiger partial charge is 0.488 e. The predicted molar refractivity (Wildman–Crippen MR) is 183 cm³/mol. The molecule has 1 aliphatic heterocycles. The smallest absolute Gasteiger partial charge is 0.258 e. The van der Waals surface area contributed by atoms with Crippen molar-refractivity contribution in [2.24, 2.45) is 5.92 Å². The number of carbonyl (C=O) groups excluding carboxylic acids is 3. The first kappa shape index (κ1) is 35.9. The Hall–Kier alpha value is -3.98. The SMILES string of the molecule is C[C@@H]1CN([C@H](C)CO)C(=O)c2cc(NC(=O)CCCCCC(=O)Nc3ccccc3N)ccc2O[C@H]1CN(C)S(=O)(=O)c1cccs1. The molecule has 0 fully saturated rings. The Morgan fingerprint density at radius 2 is 1.79 bits per heavy atom. The van der Waals surface area contributed by atoms with Crippen molar-refractivity contribution in [2.45, 2.75) is 62.3 Å². The van der Waals surface area contributed by atoms with Crippen molar-refractivity contribution in [3.63, 3.8) is 0 Å². The number of fused-ring (bicyclic) bond motifs is 1. The van der Waals surface area contributed by atoms with E-state index in [1.54, 1.807) is 71.8 Å². The van der Waals surface area contributed by atoms with Gasteiger partial charge in [-0.2, -0.15) is 4.31 Å². The van der Waals surface area contributed by atoms with Crippen LogP contribution < -0.4 is 21.1 Å². The van der Waals surface area contributed by atoms with Gasteiger partial charge in [0.1, 0.15) is 16.1 Å². The first-order chi connectivity index (χ1) is 22.4. The number of ether oxygens (including phenoxy) is 1. The minimum absolute atomic E-state index is 0.0385. The van der Waals surface area contributed by atoms with Gasteiger partial charge in [-0.1, -0.05) is 31.5 Å². The third-order valence-corrected chi connectivity index (χ3v) is 11.3. The lowest BCUT2D eigenvalue weighted by molar-refractivity contribution is -0.116. The second-order valence-corrected chi connectivity index (χ2v) is 15.0. The molecule has 0 saturated carbocycles. The quantitative estimate of drug-likeness (QED) is 0.143. The van der Waals surface area contributed by atoms with Crippen molar-refractivity contribution in [2.75, 3.05) is 43.1 Å². The molecule has 0 radical (unpaired) electrons. The zero-order valence-corrected chi connectivity index (χ0v) is 28.5. The first-order valence-electron chi connectivity index (χ1n) is 15.6. The van der Waals surface area contributed by atoms with Gasteiger partial charge in [-0.25, -0.2) is 8.42 Å². The average Bonchev–Trinajstić information content (AvgIpc) is 3.60. The van der Waals surface area contributed by atoms with E-state index in [9.17, 15) is 27.9 Å². The number of para-hydroxylation sites is 2. The summed E-state index contributed by atoms with van der Waals surface area (Å²) in [5.74, 6) is -0.755. The normalized spacial score (nSPS) is 17.3. The monoisotopic (exact) mass is 685 g/mol. The van der Waals surface area contributed by atoms with Gasteiger partial charge >= 0.3 is 0 Å². The molecule has 47 heavy (non-hydrogen) atoms. The molecule has 1 aromatic heterocycles. The summed E-state index contributed by atoms with van der Waals surface area (Å²) in [5, 5.41) is 17.3. The van der Waals surface area contributed by atoms with Crippen molar-refractivity contribution in [3.8, 4) is 5.75 Å². The van der Waals surface area contributed by atoms with E-state index >= 15 is 0 Å². The standard InChI is InChI=1S/C33H43N5O7S2/c1-22-19-38(23(2)21-39)33(42)25-18-24(15-16-28(25)45-29(22)20-37(3)47(43,44)32-14-9-17-46-32)35-30(40)12-5-4-6-13-31(41)36-27-11-8-7-10-26(27)34/h7-11,14-18,22-23,29,39H,4-6,12-13,19-21,34H2,1-3H3,(H,35,40)(H,36,41)/t22-,23-,29+/m1/s1. The van der Waals surface area contributed by atoms with Crippen molar-refractivity contribution in [1.29, 1.82) is 0 Å². The zero-order chi connectivity index (χ0) is 34.1. The number of carbonyl (C=O) groups is 3. The second-order valence-electron chi connectivity index (χ2n) is 11.8. The molecule has 14 heteroatoms. The van der Waals surface area contributed by atoms with Crippen LogP contribution in [0.25, 0.3) is 0 Å². The van der Waals surface area contributed by atoms with Crippen molar-refractivity contribution >= 4 is 56.1 Å². The highest BCUT2D eigenvalue weighted by molar-refractivity contribution is 7.91. The lowest BCUT2D eigenvalue weighted by atomic mass is 9.99. The number of benzene rings is 2. The number of thiophene rings is 1. The molecule has 0 spiro atoms. The van der Waals surface area contributed by atoms with Crippen LogP contribution in [-0.4, -0.2) is 79.3 Å². The lowest BCUT2D eigenvalue weighted by Gasteiger charge is -2.38. The van der Waals surface area contributed by atoms with Gasteiger partial charge in [0.05, 0.1) is 36.1 Å². The summed E-state index contributed by atoms with van der Waals surface area (Å²) in [4.78, 5) is 40.3. The van der Waals surface area contributed by atoms with Crippen LogP contribution >= 0.6 is 11.3 Å². The third-order valence-electron chi connectivity index (χ3n) is 8.09. The lowest BCUT2D eigenvalue weighted by Crippen LogP contribution is -2.50. The highest BCUT2D eigenvalue weighted by Crippen LogP contribution is 2.31. The van der Waals surface area contributed by atoms with E-state index in [1.165, 1.54) is 11.4 Å². The number of nitrogen functional groups attached to an aromatic ring is 1. The van der Waals surface area contributed by atoms with E-state index in [0.29, 0.717) is 42.7 Å². The molecule has 0 saturated heterocycles. The van der Waals surface area contributed by atoms with Crippen LogP contribution in [0.4, 0.5) is 17.1 Å². The molecule has 2 heterocycles. The fourth-order valence-electron chi connectivity index (χ4n) is 5.23. The van der Waals surface area contributed by atoms with Gasteiger partial charge in [0.2, 0.25) is 11.8 Å². The number of nitrogens with zero attached hydrogens (tertiary/aromatic N) is 2. The second kappa shape index (κ2) is 16.2. The first-order valence-corrected chi connectivity index (χ1v) is 17.9. The molecule has 12 nitrogen and oxygen atoms in total. The molecule has 5 N–H and O–H groups in total. The molecule has 0 aliphatic carbocycles. The molecule has 254 valence electrons. The number of hydrogen-bond donors (Lipinski definition) is 4. The summed E-state index contributed by atoms with van der Waals surface area (Å²) < 4.78 is 34.1. The van der Waals surface area contributed by atoms with Gasteiger partial charge < -0.3 is 31.1 Å². The molecule has 4 rings (SSSR count). The zero-order valence-electron chi connectivity index (χ0n) is 26.8. The van der Waals surface area contributed by atoms with E-state index in [0.717, 1.165) is 11.3 Å². The number of nitrogens with two attached hydrogens (primary N) is 1. The fraction of sp³-hybridized carbons (Fsp3) is 0.424. The van der Waals surface area contributed by atoms with Gasteiger partial charge in [0, 0.05) is 38.0 Å². The van der Waals surface area contributed by atoms with E-state index in [1.807, 2.05) is 6.92 Å². The van der Waals surface area contributed by atoms with Gasteiger partial charge in [0.15, 0.2) is 0 Å². The topological polar surface area (TPSA) is 171 Å². The minimum Gasteiger partial charge on any atom is -0.488 e. The number of hydrogen-bond acceptors (Lipinski definition) is 9. The van der Waals surface area contributed by atoms with Gasteiger partial charge in [-0.05, 0) is 61.5 Å². The molecule has 0 unspecified atom stereocenters. The van der Waals surface area contributed by atoms with Crippen LogP contribution in [0.5, 0.6) is 5.75 Å². The Bertz CT molecular complexity index is 1650. The highest BCUT2D eigenvalue weighted by atomic mass is 32.2. The summed E-state index contributed by atoms with van der Waals surface area (Å²) in [5.41, 5.74) is 7.55. The number of nitrogens with one attached hydrogen (secondary N) is 2. The maximum Gasteiger partial charge on any atom is 0.258 e. The van der Waals surface area contributed by atoms with E-state index in [-0.39, 0.29) is 65.3 Å². The maximum absolute atomic E-state index is 13.7. The Morgan fingerprint density at radius 1 is 1.09 bits per heavy atom. The number of aliphatic hydroxyl groups excluding tert-OH is 1. The van der Waals surface area contributed by atoms with Crippen LogP contribution in [0.2, 0.25) is 0 Å². The number of rotatable bonds is 14. The van der Waals surface area contributed by atoms with Gasteiger partial charge in [0.25, 0.3) is 15.9 Å². The van der Waals surface area contributed by atoms with Gasteiger partial charge in [-0.15, -0.1) is 11.3 Å². The predicted octanol–water partition coefficient (Wildman–Crippen LogP) is 4.40. The van der Waals surface area contributed by atoms with E-state index in [2.05, 4.69) is 10.6 Å². The molecule has 3 amide bonds. The number of amides is 3. The summed E-state index contributed by atoms with van der Waals surface area (Å²) in [6.07, 6.45) is 1.78. The van der Waals surface area contributed by atoms with E-state index in [4.69, 9.17) is 10.5 Å². The van der Waals surface area contributed by atoms with Crippen LogP contribution in [0.15, 0.2) is 64.2 Å². The van der Waals surface area contributed by atoms with Crippen molar-refractivity contribution in [3.05, 3.63) is 65.5 Å². The van der Waals surface area contributed by atoms with Crippen molar-refractivity contribution < 1.29 is 32.6 Å². The summed E-state index contributed by atoms with van der Waals surface area (Å²) in [7, 11) is -2.23. The molecular weight excluding hydrogens is 643 g/mol. The van der Waals surface area contributed by atoms with Crippen molar-refractivity contribution in [1.82, 2.24) is 9.21 Å². The number of unbranched alkanes of at least 4 members (excludes halogenated alkanes) is 2. The molecular formula is C33H43N5O7S2. The highest BCUT2D eigenvalue weighted by Gasteiger charge is 2.35. The number of likely N-dealkylation sites (N-methyl/N-ethyl adjacent to an activating group) is 1. The summed E-state index contributed by atoms with van der Waals surface area (Å²) in [6, 6.07) is 14.6. The van der Waals surface area contributed by atoms with Crippen LogP contribution in [0.3, 0.4) is 0 Å². The average molecular weight is 686 g/mol. The summed E-state index contributed by atoms with van der Waals surface area (Å²) >= 11 is 1.13. The van der Waals surface area contributed by atoms with E-state index < -0.39 is 22.2 Å². The Kier molecular flexibility index (Phi) is 12.4. The Morgan fingerprint density at radius 3 is 2.45 bits per heavy atom. The molecule has 3 atom stereocenters. The maximum atomic E-state index is 13.7. The van der Waals surface area contributed by atoms with Crippen LogP contribution in [0.1, 0.15) is 56.3 Å². The molecule has 3 aromatic rings. The number of aliphatic hydroxyl groups is 1. The van der Waals surface area contributed by atoms with Crippen LogP contribution in [0, 0.1) is 5.92 Å².